The van der Waals surface area contributed by atoms with Gasteiger partial charge >= 0.3 is 0 Å². The SMILES string of the molecule is C=CCn1c(SCC(=O)Nc2cc3oc4ccccc4c3cc2OC)nc2sccc2c1=O. The Kier molecular flexibility index (Phi) is 5.65. The van der Waals surface area contributed by atoms with Gasteiger partial charge in [0.25, 0.3) is 5.56 Å². The molecule has 0 atom stereocenters. The average molecular weight is 478 g/mol. The minimum Gasteiger partial charge on any atom is -0.495 e. The van der Waals surface area contributed by atoms with Gasteiger partial charge in [-0.2, -0.15) is 0 Å². The number of amides is 1. The van der Waals surface area contributed by atoms with Gasteiger partial charge in [-0.25, -0.2) is 4.98 Å². The van der Waals surface area contributed by atoms with E-state index in [0.717, 1.165) is 16.4 Å². The summed E-state index contributed by atoms with van der Waals surface area (Å²) in [5, 5.41) is 7.66. The zero-order valence-corrected chi connectivity index (χ0v) is 19.3. The molecule has 9 heteroatoms. The Hall–Kier alpha value is -3.56. The number of aromatic nitrogens is 2. The lowest BCUT2D eigenvalue weighted by molar-refractivity contribution is -0.113. The molecule has 0 spiro atoms. The standard InChI is InChI=1S/C24H19N3O4S2/c1-3-9-27-23(29)15-8-10-32-22(15)26-24(27)33-13-21(28)25-17-12-19-16(11-20(17)30-2)14-6-4-5-7-18(14)31-19/h3-8,10-12H,1,9,13H2,2H3,(H,25,28). The summed E-state index contributed by atoms with van der Waals surface area (Å²) in [6, 6.07) is 13.1. The third kappa shape index (κ3) is 3.90. The average Bonchev–Trinajstić information content (AvgIpc) is 3.43. The van der Waals surface area contributed by atoms with E-state index in [0.29, 0.717) is 38.9 Å². The van der Waals surface area contributed by atoms with Crippen LogP contribution in [-0.2, 0) is 11.3 Å². The number of carbonyl (C=O) groups excluding carboxylic acids is 1. The maximum Gasteiger partial charge on any atom is 0.263 e. The molecular formula is C24H19N3O4S2. The first-order valence-corrected chi connectivity index (χ1v) is 12.0. The Balaban J connectivity index is 1.40. The molecule has 0 radical (unpaired) electrons. The van der Waals surface area contributed by atoms with E-state index in [9.17, 15) is 9.59 Å². The molecule has 1 N–H and O–H groups in total. The number of thiophene rings is 1. The molecule has 0 saturated carbocycles. The van der Waals surface area contributed by atoms with Crippen LogP contribution in [0.3, 0.4) is 0 Å². The molecule has 0 aliphatic carbocycles. The largest absolute Gasteiger partial charge is 0.495 e. The van der Waals surface area contributed by atoms with Crippen molar-refractivity contribution in [3.63, 3.8) is 0 Å². The van der Waals surface area contributed by atoms with Crippen LogP contribution in [-0.4, -0.2) is 28.3 Å². The number of anilines is 1. The maximum atomic E-state index is 12.8. The summed E-state index contributed by atoms with van der Waals surface area (Å²) in [6.45, 7) is 4.04. The van der Waals surface area contributed by atoms with Crippen molar-refractivity contribution in [3.05, 3.63) is 70.9 Å². The molecule has 1 amide bonds. The van der Waals surface area contributed by atoms with Gasteiger partial charge in [0.1, 0.15) is 21.7 Å². The Morgan fingerprint density at radius 1 is 1.24 bits per heavy atom. The summed E-state index contributed by atoms with van der Waals surface area (Å²) in [5.41, 5.74) is 1.80. The van der Waals surface area contributed by atoms with Crippen LogP contribution in [0.2, 0.25) is 0 Å². The van der Waals surface area contributed by atoms with Gasteiger partial charge in [0.2, 0.25) is 5.91 Å². The van der Waals surface area contributed by atoms with Crippen LogP contribution < -0.4 is 15.6 Å². The number of allylic oxidation sites excluding steroid dienone is 1. The number of para-hydroxylation sites is 1. The van der Waals surface area contributed by atoms with Crippen molar-refractivity contribution in [2.45, 2.75) is 11.7 Å². The van der Waals surface area contributed by atoms with Gasteiger partial charge in [0, 0.05) is 23.4 Å². The molecule has 5 aromatic rings. The zero-order chi connectivity index (χ0) is 22.9. The van der Waals surface area contributed by atoms with Crippen molar-refractivity contribution in [1.82, 2.24) is 9.55 Å². The highest BCUT2D eigenvalue weighted by Crippen LogP contribution is 2.36. The highest BCUT2D eigenvalue weighted by molar-refractivity contribution is 7.99. The molecule has 2 aromatic carbocycles. The van der Waals surface area contributed by atoms with Crippen molar-refractivity contribution < 1.29 is 13.9 Å². The van der Waals surface area contributed by atoms with Crippen LogP contribution in [0.1, 0.15) is 0 Å². The molecule has 0 aliphatic heterocycles. The maximum absolute atomic E-state index is 12.8. The van der Waals surface area contributed by atoms with Gasteiger partial charge in [-0.15, -0.1) is 17.9 Å². The number of hydrogen-bond donors (Lipinski definition) is 1. The van der Waals surface area contributed by atoms with E-state index in [1.54, 1.807) is 25.3 Å². The first-order valence-electron chi connectivity index (χ1n) is 10.1. The summed E-state index contributed by atoms with van der Waals surface area (Å²) in [7, 11) is 1.56. The molecule has 3 aromatic heterocycles. The summed E-state index contributed by atoms with van der Waals surface area (Å²) in [5.74, 6) is 0.357. The highest BCUT2D eigenvalue weighted by Gasteiger charge is 2.16. The second-order valence-corrected chi connectivity index (χ2v) is 9.06. The summed E-state index contributed by atoms with van der Waals surface area (Å²) in [6.07, 6.45) is 1.64. The van der Waals surface area contributed by atoms with Crippen molar-refractivity contribution in [2.75, 3.05) is 18.2 Å². The Morgan fingerprint density at radius 2 is 2.09 bits per heavy atom. The Labute approximate surface area is 196 Å². The minimum absolute atomic E-state index is 0.0712. The number of methoxy groups -OCH3 is 1. The molecule has 0 bridgehead atoms. The first-order chi connectivity index (χ1) is 16.1. The molecule has 0 unspecified atom stereocenters. The Morgan fingerprint density at radius 3 is 2.91 bits per heavy atom. The van der Waals surface area contributed by atoms with Crippen LogP contribution >= 0.6 is 23.1 Å². The highest BCUT2D eigenvalue weighted by atomic mass is 32.2. The predicted octanol–water partition coefficient (Wildman–Crippen LogP) is 5.28. The number of ether oxygens (including phenoxy) is 1. The smallest absolute Gasteiger partial charge is 0.263 e. The molecule has 3 heterocycles. The van der Waals surface area contributed by atoms with Crippen LogP contribution in [0.25, 0.3) is 32.2 Å². The van der Waals surface area contributed by atoms with Crippen molar-refractivity contribution >= 4 is 66.8 Å². The Bertz CT molecular complexity index is 1580. The summed E-state index contributed by atoms with van der Waals surface area (Å²) < 4.78 is 13.0. The number of hydrogen-bond acceptors (Lipinski definition) is 7. The topological polar surface area (TPSA) is 86.4 Å². The monoisotopic (exact) mass is 477 g/mol. The zero-order valence-electron chi connectivity index (χ0n) is 17.7. The fourth-order valence-electron chi connectivity index (χ4n) is 3.66. The van der Waals surface area contributed by atoms with Crippen LogP contribution in [0, 0.1) is 0 Å². The van der Waals surface area contributed by atoms with E-state index in [1.807, 2.05) is 35.7 Å². The van der Waals surface area contributed by atoms with Gasteiger partial charge in [-0.05, 0) is 23.6 Å². The van der Waals surface area contributed by atoms with E-state index in [4.69, 9.17) is 9.15 Å². The summed E-state index contributed by atoms with van der Waals surface area (Å²) in [4.78, 5) is 30.8. The van der Waals surface area contributed by atoms with E-state index in [-0.39, 0.29) is 17.2 Å². The van der Waals surface area contributed by atoms with Crippen molar-refractivity contribution in [2.24, 2.45) is 0 Å². The lowest BCUT2D eigenvalue weighted by atomic mass is 10.1. The van der Waals surface area contributed by atoms with Gasteiger partial charge in [0.05, 0.1) is 23.9 Å². The summed E-state index contributed by atoms with van der Waals surface area (Å²) >= 11 is 2.60. The quantitative estimate of drug-likeness (QED) is 0.195. The molecule has 0 aliphatic rings. The fourth-order valence-corrected chi connectivity index (χ4v) is 5.28. The van der Waals surface area contributed by atoms with Crippen molar-refractivity contribution in [1.29, 1.82) is 0 Å². The molecule has 7 nitrogen and oxygen atoms in total. The van der Waals surface area contributed by atoms with Crippen LogP contribution in [0.15, 0.2) is 74.9 Å². The first kappa shape index (κ1) is 21.3. The van der Waals surface area contributed by atoms with E-state index < -0.39 is 0 Å². The van der Waals surface area contributed by atoms with Gasteiger partial charge in [-0.3, -0.25) is 14.2 Å². The number of fused-ring (bicyclic) bond motifs is 4. The van der Waals surface area contributed by atoms with Crippen molar-refractivity contribution in [3.8, 4) is 5.75 Å². The van der Waals surface area contributed by atoms with Gasteiger partial charge < -0.3 is 14.5 Å². The van der Waals surface area contributed by atoms with E-state index >= 15 is 0 Å². The molecule has 33 heavy (non-hydrogen) atoms. The third-order valence-corrected chi connectivity index (χ3v) is 6.95. The number of nitrogens with one attached hydrogen (secondary N) is 1. The number of thioether (sulfide) groups is 1. The third-order valence-electron chi connectivity index (χ3n) is 5.17. The number of furan rings is 1. The normalized spacial score (nSPS) is 11.3. The number of carbonyl (C=O) groups is 1. The molecular weight excluding hydrogens is 458 g/mol. The van der Waals surface area contributed by atoms with Gasteiger partial charge in [0.15, 0.2) is 5.16 Å². The second kappa shape index (κ2) is 8.76. The molecule has 166 valence electrons. The van der Waals surface area contributed by atoms with Crippen LogP contribution in [0.5, 0.6) is 5.75 Å². The fraction of sp³-hybridized carbons (Fsp3) is 0.125. The second-order valence-electron chi connectivity index (χ2n) is 7.22. The lowest BCUT2D eigenvalue weighted by Gasteiger charge is -2.12. The van der Waals surface area contributed by atoms with E-state index in [1.165, 1.54) is 27.7 Å². The molecule has 0 fully saturated rings. The van der Waals surface area contributed by atoms with Crippen LogP contribution in [0.4, 0.5) is 5.69 Å². The molecule has 0 saturated heterocycles. The number of rotatable bonds is 7. The number of nitrogens with zero attached hydrogens (tertiary/aromatic N) is 2. The van der Waals surface area contributed by atoms with Gasteiger partial charge in [-0.1, -0.05) is 36.0 Å². The predicted molar refractivity (Wildman–Crippen MR) is 134 cm³/mol. The van der Waals surface area contributed by atoms with E-state index in [2.05, 4.69) is 16.9 Å². The molecule has 5 rings (SSSR count). The minimum atomic E-state index is -0.251. The lowest BCUT2D eigenvalue weighted by Crippen LogP contribution is -2.23. The number of benzene rings is 2.